The van der Waals surface area contributed by atoms with Gasteiger partial charge in [0.15, 0.2) is 11.5 Å². The van der Waals surface area contributed by atoms with Gasteiger partial charge in [-0.3, -0.25) is 19.5 Å². The number of carbonyl (C=O) groups excluding carboxylic acids is 2. The van der Waals surface area contributed by atoms with Gasteiger partial charge in [0.05, 0.1) is 11.6 Å². The number of aliphatic hydroxyl groups excluding tert-OH is 1. The normalized spacial score (nSPS) is 16.3. The van der Waals surface area contributed by atoms with Crippen LogP contribution in [0.4, 0.5) is 18.9 Å². The van der Waals surface area contributed by atoms with Gasteiger partial charge in [0, 0.05) is 29.5 Å². The van der Waals surface area contributed by atoms with E-state index in [-0.39, 0.29) is 17.0 Å². The lowest BCUT2D eigenvalue weighted by Gasteiger charge is -2.27. The summed E-state index contributed by atoms with van der Waals surface area (Å²) < 4.78 is 47.9. The van der Waals surface area contributed by atoms with Crippen molar-refractivity contribution >= 4 is 28.3 Å². The predicted octanol–water partition coefficient (Wildman–Crippen LogP) is 5.51. The van der Waals surface area contributed by atoms with Crippen LogP contribution >= 0.6 is 0 Å². The summed E-state index contributed by atoms with van der Waals surface area (Å²) in [6.07, 6.45) is -2.08. The molecule has 0 radical (unpaired) electrons. The van der Waals surface area contributed by atoms with Gasteiger partial charge < -0.3 is 14.3 Å². The number of halogens is 3. The molecule has 35 heavy (non-hydrogen) atoms. The lowest BCUT2D eigenvalue weighted by molar-refractivity contribution is -0.274. The van der Waals surface area contributed by atoms with Crippen molar-refractivity contribution in [3.8, 4) is 5.75 Å². The number of pyridine rings is 1. The third-order valence-electron chi connectivity index (χ3n) is 5.45. The molecule has 1 amide bonds. The molecule has 176 valence electrons. The Kier molecular flexibility index (Phi) is 5.28. The van der Waals surface area contributed by atoms with E-state index in [1.54, 1.807) is 24.3 Å². The molecule has 2 aromatic carbocycles. The molecule has 3 heterocycles. The molecule has 0 aliphatic carbocycles. The number of para-hydroxylation sites is 1. The Morgan fingerprint density at radius 3 is 2.49 bits per heavy atom. The third kappa shape index (κ3) is 4.10. The van der Waals surface area contributed by atoms with E-state index in [0.29, 0.717) is 16.5 Å². The molecule has 1 aliphatic heterocycles. The monoisotopic (exact) mass is 480 g/mol. The summed E-state index contributed by atoms with van der Waals surface area (Å²) >= 11 is 0. The lowest BCUT2D eigenvalue weighted by atomic mass is 9.95. The highest BCUT2D eigenvalue weighted by atomic mass is 19.4. The molecule has 0 saturated carbocycles. The smallest absolute Gasteiger partial charge is 0.503 e. The van der Waals surface area contributed by atoms with E-state index in [1.165, 1.54) is 42.7 Å². The molecule has 0 spiro atoms. The first kappa shape index (κ1) is 22.2. The van der Waals surface area contributed by atoms with E-state index < -0.39 is 35.6 Å². The third-order valence-corrected chi connectivity index (χ3v) is 5.45. The highest BCUT2D eigenvalue weighted by Crippen LogP contribution is 2.43. The average Bonchev–Trinajstić information content (AvgIpc) is 3.37. The number of aromatic nitrogens is 1. The number of fused-ring (bicyclic) bond motifs is 1. The summed E-state index contributed by atoms with van der Waals surface area (Å²) in [5, 5.41) is 11.4. The van der Waals surface area contributed by atoms with E-state index in [2.05, 4.69) is 9.72 Å². The minimum Gasteiger partial charge on any atom is -0.503 e. The molecule has 1 aliphatic rings. The van der Waals surface area contributed by atoms with Crippen LogP contribution < -0.4 is 9.64 Å². The zero-order valence-electron chi connectivity index (χ0n) is 17.7. The molecule has 4 aromatic rings. The number of ketones is 1. The minimum atomic E-state index is -4.94. The Bertz CT molecular complexity index is 1440. The number of rotatable bonds is 5. The number of aliphatic hydroxyl groups is 1. The van der Waals surface area contributed by atoms with Crippen LogP contribution in [0.3, 0.4) is 0 Å². The number of nitrogens with zero attached hydrogens (tertiary/aromatic N) is 2. The first-order valence-electron chi connectivity index (χ1n) is 10.3. The number of Topliss-reactive ketones (excluding diaryl/α,β-unsaturated/α-hetero) is 1. The zero-order valence-corrected chi connectivity index (χ0v) is 17.7. The molecular weight excluding hydrogens is 465 g/mol. The Morgan fingerprint density at radius 2 is 1.77 bits per heavy atom. The maximum Gasteiger partial charge on any atom is 0.573 e. The quantitative estimate of drug-likeness (QED) is 0.379. The molecule has 0 bridgehead atoms. The number of benzene rings is 2. The topological polar surface area (TPSA) is 92.9 Å². The second-order valence-electron chi connectivity index (χ2n) is 7.64. The van der Waals surface area contributed by atoms with Gasteiger partial charge >= 0.3 is 6.36 Å². The molecule has 2 aromatic heterocycles. The lowest BCUT2D eigenvalue weighted by Crippen LogP contribution is -2.31. The number of furan rings is 1. The fraction of sp³-hybridized carbons (Fsp3) is 0.0800. The van der Waals surface area contributed by atoms with Crippen molar-refractivity contribution in [2.45, 2.75) is 12.4 Å². The molecule has 7 nitrogen and oxygen atoms in total. The van der Waals surface area contributed by atoms with E-state index >= 15 is 0 Å². The maximum absolute atomic E-state index is 13.5. The first-order valence-corrected chi connectivity index (χ1v) is 10.3. The number of amides is 1. The van der Waals surface area contributed by atoms with Gasteiger partial charge in [0.1, 0.15) is 11.3 Å². The SMILES string of the molecule is O=C(C1=C(O)C(=O)N(c2cccc(OC(F)(F)F)c2)C1c1ccncc1)c1cc2ccccc2o1. The average molecular weight is 480 g/mol. The summed E-state index contributed by atoms with van der Waals surface area (Å²) in [6, 6.07) is 15.0. The van der Waals surface area contributed by atoms with Crippen molar-refractivity contribution in [2.75, 3.05) is 4.90 Å². The Hall–Kier alpha value is -4.60. The van der Waals surface area contributed by atoms with Crippen LogP contribution in [0.1, 0.15) is 22.2 Å². The van der Waals surface area contributed by atoms with Crippen molar-refractivity contribution in [1.82, 2.24) is 4.98 Å². The molecule has 5 rings (SSSR count). The minimum absolute atomic E-state index is 0.0162. The standard InChI is InChI=1S/C25H15F3N2O5/c26-25(27,28)35-17-6-3-5-16(13-17)30-21(14-8-10-29-11-9-14)20(23(32)24(30)33)22(31)19-12-15-4-1-2-7-18(15)34-19/h1-13,21,32H. The van der Waals surface area contributed by atoms with Crippen LogP contribution in [0.5, 0.6) is 5.75 Å². The summed E-state index contributed by atoms with van der Waals surface area (Å²) in [7, 11) is 0. The Morgan fingerprint density at radius 1 is 1.03 bits per heavy atom. The predicted molar refractivity (Wildman–Crippen MR) is 118 cm³/mol. The molecule has 0 saturated heterocycles. The first-order chi connectivity index (χ1) is 16.7. The van der Waals surface area contributed by atoms with Gasteiger partial charge in [-0.1, -0.05) is 24.3 Å². The van der Waals surface area contributed by atoms with E-state index in [9.17, 15) is 27.9 Å². The highest BCUT2D eigenvalue weighted by Gasteiger charge is 2.45. The van der Waals surface area contributed by atoms with Crippen LogP contribution in [0, 0.1) is 0 Å². The van der Waals surface area contributed by atoms with Crippen LogP contribution in [0.2, 0.25) is 0 Å². The van der Waals surface area contributed by atoms with Gasteiger partial charge in [-0.15, -0.1) is 13.2 Å². The van der Waals surface area contributed by atoms with Crippen molar-refractivity contribution in [3.05, 3.63) is 102 Å². The number of alkyl halides is 3. The second-order valence-corrected chi connectivity index (χ2v) is 7.64. The molecular formula is C25H15F3N2O5. The number of hydrogen-bond donors (Lipinski definition) is 1. The maximum atomic E-state index is 13.5. The van der Waals surface area contributed by atoms with Crippen LogP contribution in [0.15, 0.2) is 94.9 Å². The fourth-order valence-electron chi connectivity index (χ4n) is 4.02. The van der Waals surface area contributed by atoms with Crippen LogP contribution in [-0.2, 0) is 4.79 Å². The zero-order chi connectivity index (χ0) is 24.7. The number of ether oxygens (including phenoxy) is 1. The van der Waals surface area contributed by atoms with Gasteiger partial charge in [0.2, 0.25) is 5.78 Å². The van der Waals surface area contributed by atoms with Crippen molar-refractivity contribution < 1.29 is 37.0 Å². The Labute approximate surface area is 195 Å². The highest BCUT2D eigenvalue weighted by molar-refractivity contribution is 6.20. The van der Waals surface area contributed by atoms with Gasteiger partial charge in [-0.05, 0) is 42.0 Å². The Balaban J connectivity index is 1.62. The van der Waals surface area contributed by atoms with Crippen molar-refractivity contribution in [1.29, 1.82) is 0 Å². The molecule has 1 atom stereocenters. The van der Waals surface area contributed by atoms with E-state index in [4.69, 9.17) is 4.42 Å². The fourth-order valence-corrected chi connectivity index (χ4v) is 4.02. The van der Waals surface area contributed by atoms with Crippen LogP contribution in [-0.4, -0.2) is 28.1 Å². The number of anilines is 1. The summed E-state index contributed by atoms with van der Waals surface area (Å²) in [5.74, 6) is -3.20. The number of carbonyl (C=O) groups is 2. The molecule has 0 fully saturated rings. The summed E-state index contributed by atoms with van der Waals surface area (Å²) in [6.45, 7) is 0. The summed E-state index contributed by atoms with van der Waals surface area (Å²) in [4.78, 5) is 31.6. The van der Waals surface area contributed by atoms with Crippen LogP contribution in [0.25, 0.3) is 11.0 Å². The largest absolute Gasteiger partial charge is 0.573 e. The number of hydrogen-bond acceptors (Lipinski definition) is 6. The van der Waals surface area contributed by atoms with Gasteiger partial charge in [-0.25, -0.2) is 0 Å². The van der Waals surface area contributed by atoms with Crippen molar-refractivity contribution in [2.24, 2.45) is 0 Å². The van der Waals surface area contributed by atoms with E-state index in [0.717, 1.165) is 17.0 Å². The van der Waals surface area contributed by atoms with Crippen molar-refractivity contribution in [3.63, 3.8) is 0 Å². The van der Waals surface area contributed by atoms with E-state index in [1.807, 2.05) is 0 Å². The van der Waals surface area contributed by atoms with Gasteiger partial charge in [0.25, 0.3) is 5.91 Å². The molecule has 1 N–H and O–H groups in total. The summed E-state index contributed by atoms with van der Waals surface area (Å²) in [5.41, 5.74) is 0.550. The van der Waals surface area contributed by atoms with Gasteiger partial charge in [-0.2, -0.15) is 0 Å². The molecule has 10 heteroatoms. The molecule has 1 unspecified atom stereocenters. The second kappa shape index (κ2) is 8.32.